The molecule has 5 nitrogen and oxygen atoms in total. The molecule has 1 aromatic carbocycles. The molecule has 2 N–H and O–H groups in total. The minimum absolute atomic E-state index is 0.138. The summed E-state index contributed by atoms with van der Waals surface area (Å²) in [6.07, 6.45) is 3.39. The summed E-state index contributed by atoms with van der Waals surface area (Å²) in [7, 11) is -1.87. The molecule has 0 spiro atoms. The Bertz CT molecular complexity index is 680. The zero-order chi connectivity index (χ0) is 15.3. The smallest absolute Gasteiger partial charge is 0.263 e. The van der Waals surface area contributed by atoms with E-state index in [0.29, 0.717) is 11.5 Å². The second-order valence-corrected chi connectivity index (χ2v) is 6.36. The molecule has 0 unspecified atom stereocenters. The van der Waals surface area contributed by atoms with Crippen molar-refractivity contribution in [3.63, 3.8) is 0 Å². The second kappa shape index (κ2) is 6.58. The molecule has 112 valence electrons. The molecular formula is C15H19N3O2S. The Kier molecular flexibility index (Phi) is 4.80. The molecular weight excluding hydrogens is 286 g/mol. The van der Waals surface area contributed by atoms with Gasteiger partial charge in [0, 0.05) is 18.9 Å². The number of hydrogen-bond acceptors (Lipinski definition) is 4. The molecule has 0 saturated carbocycles. The molecule has 2 rings (SSSR count). The van der Waals surface area contributed by atoms with Gasteiger partial charge in [-0.25, -0.2) is 13.4 Å². The lowest BCUT2D eigenvalue weighted by molar-refractivity contribution is 0.601. The number of nitrogens with one attached hydrogen (secondary N) is 2. The van der Waals surface area contributed by atoms with E-state index in [4.69, 9.17) is 0 Å². The number of pyridine rings is 1. The molecule has 0 amide bonds. The summed E-state index contributed by atoms with van der Waals surface area (Å²) in [6.45, 7) is 2.11. The molecule has 0 aliphatic heterocycles. The van der Waals surface area contributed by atoms with Gasteiger partial charge in [-0.3, -0.25) is 4.72 Å². The van der Waals surface area contributed by atoms with Crippen molar-refractivity contribution in [1.82, 2.24) is 4.98 Å². The van der Waals surface area contributed by atoms with Crippen LogP contribution in [-0.2, 0) is 16.4 Å². The van der Waals surface area contributed by atoms with Gasteiger partial charge in [-0.15, -0.1) is 0 Å². The summed E-state index contributed by atoms with van der Waals surface area (Å²) < 4.78 is 27.0. The number of aromatic nitrogens is 1. The Morgan fingerprint density at radius 1 is 1.10 bits per heavy atom. The van der Waals surface area contributed by atoms with Crippen molar-refractivity contribution in [2.45, 2.75) is 24.7 Å². The van der Waals surface area contributed by atoms with Crippen molar-refractivity contribution in [2.24, 2.45) is 0 Å². The number of rotatable bonds is 6. The third kappa shape index (κ3) is 3.95. The van der Waals surface area contributed by atoms with Crippen LogP contribution in [0.5, 0.6) is 0 Å². The zero-order valence-electron chi connectivity index (χ0n) is 12.1. The molecule has 21 heavy (non-hydrogen) atoms. The number of anilines is 2. The van der Waals surface area contributed by atoms with Crippen LogP contribution in [0.2, 0.25) is 0 Å². The maximum absolute atomic E-state index is 12.2. The van der Waals surface area contributed by atoms with Gasteiger partial charge in [-0.2, -0.15) is 0 Å². The van der Waals surface area contributed by atoms with Crippen molar-refractivity contribution in [1.29, 1.82) is 0 Å². The lowest BCUT2D eigenvalue weighted by Gasteiger charge is -2.09. The van der Waals surface area contributed by atoms with E-state index in [2.05, 4.69) is 21.9 Å². The fourth-order valence-corrected chi connectivity index (χ4v) is 2.93. The molecule has 0 aliphatic rings. The van der Waals surface area contributed by atoms with Gasteiger partial charge >= 0.3 is 0 Å². The maximum atomic E-state index is 12.2. The first-order valence-corrected chi connectivity index (χ1v) is 8.29. The second-order valence-electron chi connectivity index (χ2n) is 4.68. The van der Waals surface area contributed by atoms with Gasteiger partial charge in [0.15, 0.2) is 0 Å². The Morgan fingerprint density at radius 3 is 2.33 bits per heavy atom. The van der Waals surface area contributed by atoms with Crippen LogP contribution in [0.4, 0.5) is 11.5 Å². The maximum Gasteiger partial charge on any atom is 0.263 e. The van der Waals surface area contributed by atoms with E-state index in [0.717, 1.165) is 12.8 Å². The van der Waals surface area contributed by atoms with E-state index in [1.807, 2.05) is 12.1 Å². The number of aryl methyl sites for hydroxylation is 1. The highest BCUT2D eigenvalue weighted by atomic mass is 32.2. The fraction of sp³-hybridized carbons (Fsp3) is 0.267. The zero-order valence-corrected chi connectivity index (χ0v) is 12.9. The predicted molar refractivity (Wildman–Crippen MR) is 85.0 cm³/mol. The van der Waals surface area contributed by atoms with E-state index in [1.165, 1.54) is 17.8 Å². The Balaban J connectivity index is 2.16. The minimum atomic E-state index is -3.60. The number of sulfonamides is 1. The SMILES string of the molecule is CCCc1ccc(NS(=O)(=O)c2ccc(NC)nc2)cc1. The molecule has 2 aromatic rings. The highest BCUT2D eigenvalue weighted by Gasteiger charge is 2.14. The third-order valence-corrected chi connectivity index (χ3v) is 4.41. The number of nitrogens with zero attached hydrogens (tertiary/aromatic N) is 1. The Labute approximate surface area is 125 Å². The van der Waals surface area contributed by atoms with Gasteiger partial charge in [0.05, 0.1) is 0 Å². The highest BCUT2D eigenvalue weighted by molar-refractivity contribution is 7.92. The quantitative estimate of drug-likeness (QED) is 0.861. The minimum Gasteiger partial charge on any atom is -0.373 e. The van der Waals surface area contributed by atoms with Crippen LogP contribution in [0.15, 0.2) is 47.5 Å². The van der Waals surface area contributed by atoms with Crippen LogP contribution in [-0.4, -0.2) is 20.4 Å². The van der Waals surface area contributed by atoms with Crippen LogP contribution in [0.1, 0.15) is 18.9 Å². The highest BCUT2D eigenvalue weighted by Crippen LogP contribution is 2.17. The molecule has 1 aromatic heterocycles. The van der Waals surface area contributed by atoms with Gasteiger partial charge in [0.1, 0.15) is 10.7 Å². The van der Waals surface area contributed by atoms with Crippen molar-refractivity contribution < 1.29 is 8.42 Å². The van der Waals surface area contributed by atoms with Crippen LogP contribution in [0.25, 0.3) is 0 Å². The molecule has 0 saturated heterocycles. The lowest BCUT2D eigenvalue weighted by atomic mass is 10.1. The van der Waals surface area contributed by atoms with E-state index in [1.54, 1.807) is 25.2 Å². The molecule has 0 fully saturated rings. The molecule has 1 heterocycles. The van der Waals surface area contributed by atoms with Crippen LogP contribution in [0.3, 0.4) is 0 Å². The van der Waals surface area contributed by atoms with Gasteiger partial charge in [-0.05, 0) is 36.2 Å². The van der Waals surface area contributed by atoms with Crippen molar-refractivity contribution >= 4 is 21.5 Å². The van der Waals surface area contributed by atoms with Gasteiger partial charge in [-0.1, -0.05) is 25.5 Å². The lowest BCUT2D eigenvalue weighted by Crippen LogP contribution is -2.13. The van der Waals surface area contributed by atoms with Crippen molar-refractivity contribution in [3.8, 4) is 0 Å². The van der Waals surface area contributed by atoms with Crippen molar-refractivity contribution in [3.05, 3.63) is 48.2 Å². The Hall–Kier alpha value is -2.08. The third-order valence-electron chi connectivity index (χ3n) is 3.05. The first-order chi connectivity index (χ1) is 10.0. The van der Waals surface area contributed by atoms with Crippen molar-refractivity contribution in [2.75, 3.05) is 17.1 Å². The number of benzene rings is 1. The normalized spacial score (nSPS) is 11.1. The summed E-state index contributed by atoms with van der Waals surface area (Å²) in [6, 6.07) is 10.6. The number of hydrogen-bond donors (Lipinski definition) is 2. The largest absolute Gasteiger partial charge is 0.373 e. The fourth-order valence-electron chi connectivity index (χ4n) is 1.93. The molecule has 0 aliphatic carbocycles. The molecule has 0 bridgehead atoms. The molecule has 0 radical (unpaired) electrons. The van der Waals surface area contributed by atoms with Gasteiger partial charge in [0.2, 0.25) is 0 Å². The Morgan fingerprint density at radius 2 is 1.81 bits per heavy atom. The average molecular weight is 305 g/mol. The standard InChI is InChI=1S/C15H19N3O2S/c1-3-4-12-5-7-13(8-6-12)18-21(19,20)14-9-10-15(16-2)17-11-14/h5-11,18H,3-4H2,1-2H3,(H,16,17). The first kappa shape index (κ1) is 15.3. The summed E-state index contributed by atoms with van der Waals surface area (Å²) >= 11 is 0. The van der Waals surface area contributed by atoms with E-state index >= 15 is 0 Å². The average Bonchev–Trinajstić information content (AvgIpc) is 2.49. The first-order valence-electron chi connectivity index (χ1n) is 6.80. The topological polar surface area (TPSA) is 71.1 Å². The van der Waals surface area contributed by atoms with Crippen LogP contribution >= 0.6 is 0 Å². The van der Waals surface area contributed by atoms with Gasteiger partial charge in [0.25, 0.3) is 10.0 Å². The predicted octanol–water partition coefficient (Wildman–Crippen LogP) is 2.88. The summed E-state index contributed by atoms with van der Waals surface area (Å²) in [5.41, 5.74) is 1.74. The summed E-state index contributed by atoms with van der Waals surface area (Å²) in [4.78, 5) is 4.15. The molecule has 6 heteroatoms. The van der Waals surface area contributed by atoms with E-state index in [-0.39, 0.29) is 4.90 Å². The van der Waals surface area contributed by atoms with Crippen LogP contribution in [0, 0.1) is 0 Å². The molecule has 0 atom stereocenters. The van der Waals surface area contributed by atoms with Gasteiger partial charge < -0.3 is 5.32 Å². The van der Waals surface area contributed by atoms with E-state index in [9.17, 15) is 8.42 Å². The summed E-state index contributed by atoms with van der Waals surface area (Å²) in [5.74, 6) is 0.623. The van der Waals surface area contributed by atoms with E-state index < -0.39 is 10.0 Å². The van der Waals surface area contributed by atoms with Crippen LogP contribution < -0.4 is 10.0 Å². The monoisotopic (exact) mass is 305 g/mol. The summed E-state index contributed by atoms with van der Waals surface area (Å²) in [5, 5.41) is 2.85.